The first-order valence-corrected chi connectivity index (χ1v) is 5.44. The summed E-state index contributed by atoms with van der Waals surface area (Å²) in [5.41, 5.74) is 0.0637. The van der Waals surface area contributed by atoms with Crippen LogP contribution in [0.1, 0.15) is 27.2 Å². The van der Waals surface area contributed by atoms with Gasteiger partial charge in [-0.3, -0.25) is 0 Å². The van der Waals surface area contributed by atoms with Gasteiger partial charge in [-0.2, -0.15) is 4.40 Å². The SMILES string of the molecule is CCC1=NS(=O)(=O)COC1(C)C. The molecule has 1 heterocycles. The summed E-state index contributed by atoms with van der Waals surface area (Å²) in [6.45, 7) is 5.51. The molecule has 0 aromatic rings. The Morgan fingerprint density at radius 2 is 2.17 bits per heavy atom. The first-order chi connectivity index (χ1) is 5.37. The van der Waals surface area contributed by atoms with Crippen LogP contribution in [0.25, 0.3) is 0 Å². The normalized spacial score (nSPS) is 26.4. The maximum Gasteiger partial charge on any atom is 0.277 e. The van der Waals surface area contributed by atoms with Gasteiger partial charge in [0, 0.05) is 0 Å². The summed E-state index contributed by atoms with van der Waals surface area (Å²) in [5.74, 6) is -0.302. The first kappa shape index (κ1) is 9.67. The number of hydrogen-bond acceptors (Lipinski definition) is 3. The highest BCUT2D eigenvalue weighted by Crippen LogP contribution is 2.21. The van der Waals surface area contributed by atoms with Crippen LogP contribution in [0.2, 0.25) is 0 Å². The quantitative estimate of drug-likeness (QED) is 0.619. The highest BCUT2D eigenvalue weighted by Gasteiger charge is 2.32. The van der Waals surface area contributed by atoms with E-state index in [2.05, 4.69) is 4.40 Å². The molecule has 1 aliphatic rings. The van der Waals surface area contributed by atoms with Gasteiger partial charge in [-0.15, -0.1) is 0 Å². The number of hydrogen-bond donors (Lipinski definition) is 0. The molecule has 0 aliphatic carbocycles. The van der Waals surface area contributed by atoms with Crippen molar-refractivity contribution < 1.29 is 13.2 Å². The summed E-state index contributed by atoms with van der Waals surface area (Å²) < 4.78 is 30.8. The van der Waals surface area contributed by atoms with Crippen LogP contribution in [0.4, 0.5) is 0 Å². The predicted molar refractivity (Wildman–Crippen MR) is 46.7 cm³/mol. The monoisotopic (exact) mass is 191 g/mol. The molecule has 0 spiro atoms. The Bertz CT molecular complexity index is 303. The van der Waals surface area contributed by atoms with Crippen molar-refractivity contribution in [3.8, 4) is 0 Å². The molecule has 1 rings (SSSR count). The molecular formula is C7H13NO3S. The zero-order valence-electron chi connectivity index (χ0n) is 7.49. The average Bonchev–Trinajstić information content (AvgIpc) is 1.95. The Balaban J connectivity index is 3.09. The minimum absolute atomic E-state index is 0.302. The zero-order valence-corrected chi connectivity index (χ0v) is 8.31. The maximum atomic E-state index is 11.0. The van der Waals surface area contributed by atoms with Crippen LogP contribution in [0.15, 0.2) is 4.40 Å². The number of nitrogens with zero attached hydrogens (tertiary/aromatic N) is 1. The average molecular weight is 191 g/mol. The zero-order chi connectivity index (χ0) is 9.41. The third kappa shape index (κ3) is 1.84. The lowest BCUT2D eigenvalue weighted by molar-refractivity contribution is 0.0616. The molecule has 5 heteroatoms. The van der Waals surface area contributed by atoms with Gasteiger partial charge in [0.05, 0.1) is 5.71 Å². The largest absolute Gasteiger partial charge is 0.352 e. The van der Waals surface area contributed by atoms with Crippen LogP contribution in [-0.2, 0) is 14.8 Å². The van der Waals surface area contributed by atoms with Crippen molar-refractivity contribution >= 4 is 15.7 Å². The van der Waals surface area contributed by atoms with E-state index in [0.29, 0.717) is 12.1 Å². The van der Waals surface area contributed by atoms with Gasteiger partial charge in [-0.1, -0.05) is 6.92 Å². The van der Waals surface area contributed by atoms with Crippen molar-refractivity contribution in [3.05, 3.63) is 0 Å². The highest BCUT2D eigenvalue weighted by molar-refractivity contribution is 7.90. The van der Waals surface area contributed by atoms with Crippen molar-refractivity contribution in [2.24, 2.45) is 4.40 Å². The summed E-state index contributed by atoms with van der Waals surface area (Å²) in [6.07, 6.45) is 0.603. The fraction of sp³-hybridized carbons (Fsp3) is 0.857. The topological polar surface area (TPSA) is 55.7 Å². The Morgan fingerprint density at radius 3 is 2.58 bits per heavy atom. The van der Waals surface area contributed by atoms with E-state index >= 15 is 0 Å². The van der Waals surface area contributed by atoms with E-state index in [1.54, 1.807) is 0 Å². The van der Waals surface area contributed by atoms with Gasteiger partial charge in [0.2, 0.25) is 0 Å². The molecule has 0 saturated heterocycles. The van der Waals surface area contributed by atoms with Crippen molar-refractivity contribution in [3.63, 3.8) is 0 Å². The Hall–Kier alpha value is -0.420. The molecule has 0 atom stereocenters. The smallest absolute Gasteiger partial charge is 0.277 e. The van der Waals surface area contributed by atoms with E-state index in [0.717, 1.165) is 0 Å². The van der Waals surface area contributed by atoms with Gasteiger partial charge in [0.1, 0.15) is 5.60 Å². The third-order valence-corrected chi connectivity index (χ3v) is 2.76. The molecule has 0 amide bonds. The second-order valence-electron chi connectivity index (χ2n) is 3.25. The lowest BCUT2D eigenvalue weighted by Crippen LogP contribution is -2.40. The number of rotatable bonds is 1. The Morgan fingerprint density at radius 1 is 1.58 bits per heavy atom. The molecule has 12 heavy (non-hydrogen) atoms. The summed E-state index contributed by atoms with van der Waals surface area (Å²) in [7, 11) is -3.35. The van der Waals surface area contributed by atoms with Crippen LogP contribution in [0, 0.1) is 0 Å². The fourth-order valence-corrected chi connectivity index (χ4v) is 2.28. The second-order valence-corrected chi connectivity index (χ2v) is 4.83. The summed E-state index contributed by atoms with van der Waals surface area (Å²) in [6, 6.07) is 0. The minimum Gasteiger partial charge on any atom is -0.352 e. The van der Waals surface area contributed by atoms with Crippen molar-refractivity contribution in [1.82, 2.24) is 0 Å². The molecule has 0 fully saturated rings. The molecule has 0 aromatic carbocycles. The van der Waals surface area contributed by atoms with E-state index in [1.807, 2.05) is 20.8 Å². The molecule has 0 radical (unpaired) electrons. The van der Waals surface area contributed by atoms with Crippen LogP contribution >= 0.6 is 0 Å². The lowest BCUT2D eigenvalue weighted by atomic mass is 10.0. The number of sulfonamides is 1. The standard InChI is InChI=1S/C7H13NO3S/c1-4-6-7(2,3)11-5-12(9,10)8-6/h4-5H2,1-3H3. The van der Waals surface area contributed by atoms with E-state index in [9.17, 15) is 8.42 Å². The predicted octanol–water partition coefficient (Wildman–Crippen LogP) is 0.933. The molecule has 4 nitrogen and oxygen atoms in total. The summed E-state index contributed by atoms with van der Waals surface area (Å²) >= 11 is 0. The van der Waals surface area contributed by atoms with E-state index in [1.165, 1.54) is 0 Å². The lowest BCUT2D eigenvalue weighted by Gasteiger charge is -2.29. The molecule has 0 bridgehead atoms. The third-order valence-electron chi connectivity index (χ3n) is 1.85. The molecular weight excluding hydrogens is 178 g/mol. The molecule has 70 valence electrons. The van der Waals surface area contributed by atoms with Crippen LogP contribution in [0.3, 0.4) is 0 Å². The van der Waals surface area contributed by atoms with Crippen LogP contribution in [-0.4, -0.2) is 25.7 Å². The molecule has 0 aromatic heterocycles. The Kier molecular flexibility index (Phi) is 2.27. The van der Waals surface area contributed by atoms with Crippen molar-refractivity contribution in [2.45, 2.75) is 32.8 Å². The Labute approximate surface area is 72.7 Å². The molecule has 0 unspecified atom stereocenters. The minimum atomic E-state index is -3.35. The van der Waals surface area contributed by atoms with Crippen LogP contribution in [0.5, 0.6) is 0 Å². The highest BCUT2D eigenvalue weighted by atomic mass is 32.2. The van der Waals surface area contributed by atoms with Crippen molar-refractivity contribution in [2.75, 3.05) is 5.94 Å². The maximum absolute atomic E-state index is 11.0. The van der Waals surface area contributed by atoms with Gasteiger partial charge in [0.15, 0.2) is 5.94 Å². The first-order valence-electron chi connectivity index (χ1n) is 3.83. The van der Waals surface area contributed by atoms with E-state index in [-0.39, 0.29) is 5.94 Å². The molecule has 0 N–H and O–H groups in total. The van der Waals surface area contributed by atoms with Gasteiger partial charge in [0.25, 0.3) is 10.0 Å². The summed E-state index contributed by atoms with van der Waals surface area (Å²) in [5, 5.41) is 0. The van der Waals surface area contributed by atoms with Gasteiger partial charge >= 0.3 is 0 Å². The van der Waals surface area contributed by atoms with E-state index < -0.39 is 15.6 Å². The molecule has 0 saturated carbocycles. The van der Waals surface area contributed by atoms with Gasteiger partial charge in [-0.05, 0) is 20.3 Å². The summed E-state index contributed by atoms with van der Waals surface area (Å²) in [4.78, 5) is 0. The second kappa shape index (κ2) is 2.81. The van der Waals surface area contributed by atoms with Gasteiger partial charge < -0.3 is 4.74 Å². The van der Waals surface area contributed by atoms with Gasteiger partial charge in [-0.25, -0.2) is 8.42 Å². The fourth-order valence-electron chi connectivity index (χ4n) is 1.10. The van der Waals surface area contributed by atoms with Crippen LogP contribution < -0.4 is 0 Å². The molecule has 1 aliphatic heterocycles. The van der Waals surface area contributed by atoms with Crippen molar-refractivity contribution in [1.29, 1.82) is 0 Å². The number of ether oxygens (including phenoxy) is 1. The van der Waals surface area contributed by atoms with E-state index in [4.69, 9.17) is 4.74 Å².